The number of aryl methyl sites for hydroxylation is 1. The van der Waals surface area contributed by atoms with Crippen molar-refractivity contribution in [3.8, 4) is 0 Å². The lowest BCUT2D eigenvalue weighted by Gasteiger charge is -2.30. The molecule has 19 heavy (non-hydrogen) atoms. The number of hydrogen-bond acceptors (Lipinski definition) is 4. The molecule has 0 unspecified atom stereocenters. The van der Waals surface area contributed by atoms with E-state index in [-0.39, 0.29) is 19.1 Å². The lowest BCUT2D eigenvalue weighted by molar-refractivity contribution is 0.169. The van der Waals surface area contributed by atoms with Crippen molar-refractivity contribution >= 4 is 10.2 Å². The summed E-state index contributed by atoms with van der Waals surface area (Å²) >= 11 is 0. The minimum Gasteiger partial charge on any atom is -0.396 e. The van der Waals surface area contributed by atoms with Gasteiger partial charge >= 0.3 is 0 Å². The van der Waals surface area contributed by atoms with Crippen LogP contribution in [0.3, 0.4) is 0 Å². The van der Waals surface area contributed by atoms with Gasteiger partial charge in [0.05, 0.1) is 6.20 Å². The van der Waals surface area contributed by atoms with E-state index in [9.17, 15) is 8.42 Å². The summed E-state index contributed by atoms with van der Waals surface area (Å²) in [6.45, 7) is 3.15. The van der Waals surface area contributed by atoms with Gasteiger partial charge in [-0.15, -0.1) is 0 Å². The molecule has 3 N–H and O–H groups in total. The summed E-state index contributed by atoms with van der Waals surface area (Å²) in [4.78, 5) is 0. The van der Waals surface area contributed by atoms with Crippen LogP contribution in [-0.2, 0) is 16.8 Å². The average Bonchev–Trinajstić information content (AvgIpc) is 2.82. The molecular weight excluding hydrogens is 268 g/mol. The second-order valence-electron chi connectivity index (χ2n) is 4.87. The van der Waals surface area contributed by atoms with Crippen molar-refractivity contribution in [1.29, 1.82) is 0 Å². The normalized spacial score (nSPS) is 18.8. The van der Waals surface area contributed by atoms with Crippen LogP contribution >= 0.6 is 0 Å². The van der Waals surface area contributed by atoms with Gasteiger partial charge in [-0.1, -0.05) is 0 Å². The Labute approximate surface area is 113 Å². The highest BCUT2D eigenvalue weighted by Gasteiger charge is 2.27. The first-order valence-corrected chi connectivity index (χ1v) is 7.81. The summed E-state index contributed by atoms with van der Waals surface area (Å²) in [6.07, 6.45) is 3.04. The monoisotopic (exact) mass is 288 g/mol. The van der Waals surface area contributed by atoms with E-state index in [1.807, 2.05) is 6.92 Å². The first-order valence-electron chi connectivity index (χ1n) is 6.37. The maximum atomic E-state index is 12.1. The Morgan fingerprint density at radius 1 is 1.53 bits per heavy atom. The van der Waals surface area contributed by atoms with Crippen LogP contribution < -0.4 is 4.72 Å². The summed E-state index contributed by atoms with van der Waals surface area (Å²) in [6, 6.07) is 0. The van der Waals surface area contributed by atoms with Gasteiger partial charge in [0.15, 0.2) is 0 Å². The number of aromatic nitrogens is 2. The van der Waals surface area contributed by atoms with E-state index in [1.165, 1.54) is 4.31 Å². The molecule has 1 aromatic rings. The Morgan fingerprint density at radius 2 is 2.21 bits per heavy atom. The second-order valence-corrected chi connectivity index (χ2v) is 6.63. The Bertz CT molecular complexity index is 506. The molecule has 0 aliphatic carbocycles. The van der Waals surface area contributed by atoms with Crippen LogP contribution in [0.2, 0.25) is 0 Å². The Balaban J connectivity index is 1.90. The number of nitrogens with zero attached hydrogens (tertiary/aromatic N) is 2. The lowest BCUT2D eigenvalue weighted by atomic mass is 10.00. The number of nitrogens with one attached hydrogen (secondary N) is 2. The predicted octanol–water partition coefficient (Wildman–Crippen LogP) is -0.243. The van der Waals surface area contributed by atoms with E-state index >= 15 is 0 Å². The van der Waals surface area contributed by atoms with E-state index < -0.39 is 10.2 Å². The number of piperidine rings is 1. The van der Waals surface area contributed by atoms with Crippen molar-refractivity contribution < 1.29 is 13.5 Å². The summed E-state index contributed by atoms with van der Waals surface area (Å²) in [5.41, 5.74) is 1.70. The molecule has 2 rings (SSSR count). The maximum Gasteiger partial charge on any atom is 0.279 e. The molecule has 0 bridgehead atoms. The van der Waals surface area contributed by atoms with E-state index in [4.69, 9.17) is 5.11 Å². The maximum absolute atomic E-state index is 12.1. The van der Waals surface area contributed by atoms with E-state index in [2.05, 4.69) is 14.9 Å². The smallest absolute Gasteiger partial charge is 0.279 e. The molecule has 0 saturated carbocycles. The largest absolute Gasteiger partial charge is 0.396 e. The molecule has 0 aromatic carbocycles. The first-order chi connectivity index (χ1) is 9.03. The summed E-state index contributed by atoms with van der Waals surface area (Å²) in [7, 11) is -3.45. The molecule has 1 aliphatic heterocycles. The Hall–Kier alpha value is -0.960. The summed E-state index contributed by atoms with van der Waals surface area (Å²) < 4.78 is 28.2. The van der Waals surface area contributed by atoms with Gasteiger partial charge in [-0.2, -0.15) is 22.5 Å². The molecule has 1 aromatic heterocycles. The third-order valence-electron chi connectivity index (χ3n) is 3.55. The van der Waals surface area contributed by atoms with Crippen LogP contribution in [0.1, 0.15) is 24.1 Å². The third-order valence-corrected chi connectivity index (χ3v) is 5.11. The Morgan fingerprint density at radius 3 is 2.74 bits per heavy atom. The van der Waals surface area contributed by atoms with E-state index in [0.29, 0.717) is 25.9 Å². The van der Waals surface area contributed by atoms with Crippen LogP contribution in [0.15, 0.2) is 6.20 Å². The predicted molar refractivity (Wildman–Crippen MR) is 70.5 cm³/mol. The first kappa shape index (κ1) is 14.4. The summed E-state index contributed by atoms with van der Waals surface area (Å²) in [5.74, 6) is 0.225. The van der Waals surface area contributed by atoms with Crippen LogP contribution in [0.4, 0.5) is 0 Å². The number of aromatic amines is 1. The van der Waals surface area contributed by atoms with Crippen molar-refractivity contribution in [2.75, 3.05) is 19.7 Å². The molecule has 1 saturated heterocycles. The third kappa shape index (κ3) is 3.53. The number of hydrogen-bond donors (Lipinski definition) is 3. The van der Waals surface area contributed by atoms with Gasteiger partial charge in [0, 0.05) is 37.5 Å². The highest BCUT2D eigenvalue weighted by molar-refractivity contribution is 7.87. The fraction of sp³-hybridized carbons (Fsp3) is 0.727. The van der Waals surface area contributed by atoms with Crippen LogP contribution in [0.25, 0.3) is 0 Å². The van der Waals surface area contributed by atoms with E-state index in [0.717, 1.165) is 11.3 Å². The average molecular weight is 288 g/mol. The molecule has 1 fully saturated rings. The van der Waals surface area contributed by atoms with Crippen LogP contribution in [0.5, 0.6) is 0 Å². The van der Waals surface area contributed by atoms with Gasteiger partial charge in [-0.25, -0.2) is 0 Å². The number of aliphatic hydroxyl groups excluding tert-OH is 1. The van der Waals surface area contributed by atoms with Crippen molar-refractivity contribution in [3.63, 3.8) is 0 Å². The lowest BCUT2D eigenvalue weighted by Crippen LogP contribution is -2.45. The number of rotatable bonds is 5. The summed E-state index contributed by atoms with van der Waals surface area (Å²) in [5, 5.41) is 15.7. The van der Waals surface area contributed by atoms with Gasteiger partial charge in [0.25, 0.3) is 10.2 Å². The molecule has 0 amide bonds. The SMILES string of the molecule is Cc1[nH]ncc1CNS(=O)(=O)N1CCC(CO)CC1. The zero-order valence-corrected chi connectivity index (χ0v) is 11.8. The number of H-pyrrole nitrogens is 1. The molecule has 2 heterocycles. The van der Waals surface area contributed by atoms with E-state index in [1.54, 1.807) is 6.20 Å². The fourth-order valence-corrected chi connectivity index (χ4v) is 3.36. The molecule has 0 radical (unpaired) electrons. The molecule has 7 nitrogen and oxygen atoms in total. The van der Waals surface area contributed by atoms with Crippen molar-refractivity contribution in [2.45, 2.75) is 26.3 Å². The van der Waals surface area contributed by atoms with Gasteiger partial charge in [0.2, 0.25) is 0 Å². The highest BCUT2D eigenvalue weighted by Crippen LogP contribution is 2.18. The minimum absolute atomic E-state index is 0.134. The van der Waals surface area contributed by atoms with Gasteiger partial charge in [0.1, 0.15) is 0 Å². The van der Waals surface area contributed by atoms with Gasteiger partial charge in [-0.3, -0.25) is 5.10 Å². The van der Waals surface area contributed by atoms with Gasteiger partial charge in [-0.05, 0) is 25.7 Å². The van der Waals surface area contributed by atoms with Crippen LogP contribution in [-0.4, -0.2) is 47.7 Å². The molecule has 0 spiro atoms. The van der Waals surface area contributed by atoms with Gasteiger partial charge < -0.3 is 5.11 Å². The molecule has 1 aliphatic rings. The highest BCUT2D eigenvalue weighted by atomic mass is 32.2. The van der Waals surface area contributed by atoms with Crippen molar-refractivity contribution in [1.82, 2.24) is 19.2 Å². The zero-order chi connectivity index (χ0) is 13.9. The van der Waals surface area contributed by atoms with Crippen molar-refractivity contribution in [2.24, 2.45) is 5.92 Å². The molecule has 0 atom stereocenters. The zero-order valence-electron chi connectivity index (χ0n) is 11.0. The minimum atomic E-state index is -3.45. The molecule has 108 valence electrons. The molecule has 8 heteroatoms. The fourth-order valence-electron chi connectivity index (χ4n) is 2.15. The van der Waals surface area contributed by atoms with Crippen molar-refractivity contribution in [3.05, 3.63) is 17.5 Å². The number of aliphatic hydroxyl groups is 1. The standard InChI is InChI=1S/C11H20N4O3S/c1-9-11(6-12-14-9)7-13-19(17,18)15-4-2-10(8-16)3-5-15/h6,10,13,16H,2-5,7-8H2,1H3,(H,12,14). The Kier molecular flexibility index (Phi) is 4.56. The topological polar surface area (TPSA) is 98.3 Å². The quantitative estimate of drug-likeness (QED) is 0.696. The van der Waals surface area contributed by atoms with Crippen LogP contribution in [0, 0.1) is 12.8 Å². The molecular formula is C11H20N4O3S. The second kappa shape index (κ2) is 6.00.